The van der Waals surface area contributed by atoms with Crippen molar-refractivity contribution in [3.63, 3.8) is 0 Å². The molecule has 0 saturated carbocycles. The van der Waals surface area contributed by atoms with Crippen molar-refractivity contribution >= 4 is 40.8 Å². The van der Waals surface area contributed by atoms with E-state index in [1.807, 2.05) is 5.38 Å². The number of urea groups is 1. The van der Waals surface area contributed by atoms with Crippen molar-refractivity contribution in [3.8, 4) is 0 Å². The van der Waals surface area contributed by atoms with E-state index in [-0.39, 0.29) is 18.0 Å². The monoisotopic (exact) mass is 387 g/mol. The van der Waals surface area contributed by atoms with Gasteiger partial charge >= 0.3 is 12.0 Å². The summed E-state index contributed by atoms with van der Waals surface area (Å²) in [6.45, 7) is 2.05. The number of carbonyl (C=O) groups is 4. The fraction of sp³-hybridized carbons (Fsp3) is 0.222. The second-order valence-corrected chi connectivity index (χ2v) is 6.73. The zero-order valence-electron chi connectivity index (χ0n) is 14.4. The molecule has 1 fully saturated rings. The number of esters is 1. The van der Waals surface area contributed by atoms with Gasteiger partial charge in [0.05, 0.1) is 10.4 Å². The van der Waals surface area contributed by atoms with Crippen LogP contribution in [-0.4, -0.2) is 47.9 Å². The molecule has 0 spiro atoms. The molecular weight excluding hydrogens is 370 g/mol. The molecule has 1 aliphatic rings. The molecule has 1 unspecified atom stereocenters. The van der Waals surface area contributed by atoms with Crippen LogP contribution in [0.25, 0.3) is 0 Å². The first kappa shape index (κ1) is 18.6. The van der Waals surface area contributed by atoms with Gasteiger partial charge in [0.15, 0.2) is 6.10 Å². The van der Waals surface area contributed by atoms with Gasteiger partial charge in [0.2, 0.25) is 0 Å². The summed E-state index contributed by atoms with van der Waals surface area (Å²) >= 11 is 1.33. The molecule has 1 aromatic carbocycles. The Morgan fingerprint density at radius 3 is 2.56 bits per heavy atom. The smallest absolute Gasteiger partial charge is 0.338 e. The van der Waals surface area contributed by atoms with E-state index in [1.54, 1.807) is 24.3 Å². The zero-order valence-corrected chi connectivity index (χ0v) is 15.2. The molecule has 4 amide bonds. The minimum atomic E-state index is -1.08. The average Bonchev–Trinajstić information content (AvgIpc) is 3.33. The normalized spacial score (nSPS) is 14.4. The Labute approximate surface area is 159 Å². The van der Waals surface area contributed by atoms with Gasteiger partial charge in [0.1, 0.15) is 0 Å². The number of nitrogens with zero attached hydrogens (tertiary/aromatic N) is 1. The molecule has 8 nitrogen and oxygen atoms in total. The van der Waals surface area contributed by atoms with Crippen LogP contribution >= 0.6 is 11.3 Å². The van der Waals surface area contributed by atoms with Crippen molar-refractivity contribution < 1.29 is 23.9 Å². The summed E-state index contributed by atoms with van der Waals surface area (Å²) in [5, 5.41) is 7.05. The van der Waals surface area contributed by atoms with Crippen LogP contribution in [0.1, 0.15) is 27.0 Å². The van der Waals surface area contributed by atoms with Crippen LogP contribution in [0.2, 0.25) is 0 Å². The third kappa shape index (κ3) is 4.32. The second-order valence-electron chi connectivity index (χ2n) is 5.78. The van der Waals surface area contributed by atoms with E-state index < -0.39 is 24.0 Å². The predicted octanol–water partition coefficient (Wildman–Crippen LogP) is 2.10. The van der Waals surface area contributed by atoms with Crippen molar-refractivity contribution in [2.24, 2.45) is 0 Å². The third-order valence-electron chi connectivity index (χ3n) is 3.88. The van der Waals surface area contributed by atoms with E-state index in [4.69, 9.17) is 4.74 Å². The van der Waals surface area contributed by atoms with Gasteiger partial charge in [-0.3, -0.25) is 14.5 Å². The van der Waals surface area contributed by atoms with E-state index in [9.17, 15) is 19.2 Å². The van der Waals surface area contributed by atoms with E-state index in [0.29, 0.717) is 17.1 Å². The highest BCUT2D eigenvalue weighted by molar-refractivity contribution is 7.12. The molecule has 27 heavy (non-hydrogen) atoms. The molecule has 2 heterocycles. The maximum atomic E-state index is 12.2. The molecule has 1 atom stereocenters. The predicted molar refractivity (Wildman–Crippen MR) is 98.7 cm³/mol. The van der Waals surface area contributed by atoms with Crippen LogP contribution < -0.4 is 10.6 Å². The first-order valence-electron chi connectivity index (χ1n) is 8.21. The molecule has 0 bridgehead atoms. The van der Waals surface area contributed by atoms with Crippen LogP contribution in [-0.2, 0) is 9.53 Å². The summed E-state index contributed by atoms with van der Waals surface area (Å²) in [4.78, 5) is 49.5. The number of ether oxygens (including phenoxy) is 1. The minimum Gasteiger partial charge on any atom is -0.449 e. The molecule has 1 aromatic heterocycles. The van der Waals surface area contributed by atoms with E-state index in [2.05, 4.69) is 10.6 Å². The Morgan fingerprint density at radius 1 is 1.22 bits per heavy atom. The Hall–Kier alpha value is -3.20. The number of anilines is 1. The van der Waals surface area contributed by atoms with Gasteiger partial charge in [-0.1, -0.05) is 6.07 Å². The largest absolute Gasteiger partial charge is 0.449 e. The maximum absolute atomic E-state index is 12.2. The molecule has 1 saturated heterocycles. The van der Waals surface area contributed by atoms with Crippen LogP contribution in [0.4, 0.5) is 10.5 Å². The molecule has 2 aromatic rings. The first-order chi connectivity index (χ1) is 13.0. The molecular formula is C18H17N3O5S. The molecule has 1 aliphatic heterocycles. The van der Waals surface area contributed by atoms with Crippen molar-refractivity contribution in [2.75, 3.05) is 18.4 Å². The van der Waals surface area contributed by atoms with Gasteiger partial charge < -0.3 is 15.4 Å². The molecule has 3 rings (SSSR count). The fourth-order valence-corrected chi connectivity index (χ4v) is 3.09. The number of rotatable bonds is 5. The highest BCUT2D eigenvalue weighted by Gasteiger charge is 2.31. The summed E-state index contributed by atoms with van der Waals surface area (Å²) in [5.74, 6) is -1.49. The Balaban J connectivity index is 1.57. The van der Waals surface area contributed by atoms with Crippen LogP contribution in [0.5, 0.6) is 0 Å². The number of nitrogens with one attached hydrogen (secondary N) is 2. The third-order valence-corrected chi connectivity index (χ3v) is 4.75. The van der Waals surface area contributed by atoms with E-state index >= 15 is 0 Å². The molecule has 9 heteroatoms. The van der Waals surface area contributed by atoms with Gasteiger partial charge in [0.25, 0.3) is 11.8 Å². The van der Waals surface area contributed by atoms with Crippen LogP contribution in [0, 0.1) is 0 Å². The van der Waals surface area contributed by atoms with Crippen LogP contribution in [0.3, 0.4) is 0 Å². The van der Waals surface area contributed by atoms with Gasteiger partial charge in [-0.05, 0) is 42.6 Å². The van der Waals surface area contributed by atoms with E-state index in [0.717, 1.165) is 4.90 Å². The van der Waals surface area contributed by atoms with Crippen molar-refractivity contribution in [1.82, 2.24) is 10.2 Å². The summed E-state index contributed by atoms with van der Waals surface area (Å²) in [5.41, 5.74) is 0.762. The Bertz CT molecular complexity index is 864. The Morgan fingerprint density at radius 2 is 1.96 bits per heavy atom. The number of thiophene rings is 1. The lowest BCUT2D eigenvalue weighted by atomic mass is 10.2. The topological polar surface area (TPSA) is 105 Å². The molecule has 0 radical (unpaired) electrons. The van der Waals surface area contributed by atoms with Crippen molar-refractivity contribution in [2.45, 2.75) is 13.0 Å². The number of imide groups is 1. The first-order valence-corrected chi connectivity index (χ1v) is 9.09. The number of carbonyl (C=O) groups excluding carboxylic acids is 4. The van der Waals surface area contributed by atoms with Gasteiger partial charge in [0, 0.05) is 18.8 Å². The highest BCUT2D eigenvalue weighted by Crippen LogP contribution is 2.15. The standard InChI is InChI=1S/C18H17N3O5S/c1-11(16(23)21-9-8-19-18(21)25)26-17(24)12-4-6-13(7-5-12)20-15(22)14-3-2-10-27-14/h2-7,10-11H,8-9H2,1H3,(H,19,25)(H,20,22). The molecule has 2 N–H and O–H groups in total. The quantitative estimate of drug-likeness (QED) is 0.765. The van der Waals surface area contributed by atoms with Gasteiger partial charge in [-0.2, -0.15) is 0 Å². The lowest BCUT2D eigenvalue weighted by Gasteiger charge is -2.18. The van der Waals surface area contributed by atoms with Crippen LogP contribution in [0.15, 0.2) is 41.8 Å². The summed E-state index contributed by atoms with van der Waals surface area (Å²) in [7, 11) is 0. The summed E-state index contributed by atoms with van der Waals surface area (Å²) in [6, 6.07) is 9.13. The molecule has 140 valence electrons. The number of hydrogen-bond acceptors (Lipinski definition) is 6. The Kier molecular flexibility index (Phi) is 5.51. The minimum absolute atomic E-state index is 0.231. The highest BCUT2D eigenvalue weighted by atomic mass is 32.1. The average molecular weight is 387 g/mol. The second kappa shape index (κ2) is 8.00. The number of benzene rings is 1. The maximum Gasteiger partial charge on any atom is 0.338 e. The van der Waals surface area contributed by atoms with E-state index in [1.165, 1.54) is 30.4 Å². The SMILES string of the molecule is CC(OC(=O)c1ccc(NC(=O)c2cccs2)cc1)C(=O)N1CCNC1=O. The lowest BCUT2D eigenvalue weighted by molar-refractivity contribution is -0.136. The van der Waals surface area contributed by atoms with Gasteiger partial charge in [-0.25, -0.2) is 9.59 Å². The van der Waals surface area contributed by atoms with Gasteiger partial charge in [-0.15, -0.1) is 11.3 Å². The van der Waals surface area contributed by atoms with Crippen molar-refractivity contribution in [3.05, 3.63) is 52.2 Å². The summed E-state index contributed by atoms with van der Waals surface area (Å²) < 4.78 is 5.14. The zero-order chi connectivity index (χ0) is 19.4. The summed E-state index contributed by atoms with van der Waals surface area (Å²) in [6.07, 6.45) is -1.08. The van der Waals surface area contributed by atoms with Crippen molar-refractivity contribution in [1.29, 1.82) is 0 Å². The fourth-order valence-electron chi connectivity index (χ4n) is 2.47. The lowest BCUT2D eigenvalue weighted by Crippen LogP contribution is -2.41. The molecule has 0 aliphatic carbocycles. The number of amides is 4. The number of hydrogen-bond donors (Lipinski definition) is 2.